The first kappa shape index (κ1) is 16.2. The second-order valence-corrected chi connectivity index (χ2v) is 7.51. The summed E-state index contributed by atoms with van der Waals surface area (Å²) in [5.74, 6) is 6.30. The number of hydrogen-bond donors (Lipinski definition) is 0. The lowest BCUT2D eigenvalue weighted by atomic mass is 9.69. The Morgan fingerprint density at radius 1 is 1.16 bits per heavy atom. The molecule has 0 radical (unpaired) electrons. The summed E-state index contributed by atoms with van der Waals surface area (Å²) in [5, 5.41) is 0. The third-order valence-electron chi connectivity index (χ3n) is 4.02. The van der Waals surface area contributed by atoms with E-state index in [-0.39, 0.29) is 11.2 Å². The fourth-order valence-electron chi connectivity index (χ4n) is 2.48. The molecule has 0 unspecified atom stereocenters. The predicted octanol–water partition coefficient (Wildman–Crippen LogP) is 3.98. The van der Waals surface area contributed by atoms with E-state index in [1.54, 1.807) is 7.11 Å². The van der Waals surface area contributed by atoms with Crippen LogP contribution in [0.2, 0.25) is 0 Å². The summed E-state index contributed by atoms with van der Waals surface area (Å²) in [6, 6.07) is 0. The van der Waals surface area contributed by atoms with E-state index in [2.05, 4.69) is 46.5 Å². The van der Waals surface area contributed by atoms with Gasteiger partial charge in [-0.05, 0) is 51.9 Å². The van der Waals surface area contributed by atoms with Crippen molar-refractivity contribution < 1.29 is 9.53 Å². The Labute approximate surface area is 118 Å². The van der Waals surface area contributed by atoms with E-state index in [4.69, 9.17) is 4.74 Å². The van der Waals surface area contributed by atoms with Crippen LogP contribution in [0.3, 0.4) is 0 Å². The van der Waals surface area contributed by atoms with E-state index < -0.39 is 5.60 Å². The van der Waals surface area contributed by atoms with Gasteiger partial charge in [0.1, 0.15) is 5.60 Å². The summed E-state index contributed by atoms with van der Waals surface area (Å²) >= 11 is 0. The van der Waals surface area contributed by atoms with Gasteiger partial charge in [-0.3, -0.25) is 4.79 Å². The van der Waals surface area contributed by atoms with E-state index in [0.717, 1.165) is 25.7 Å². The number of methoxy groups -OCH3 is 1. The first-order valence-electron chi connectivity index (χ1n) is 7.19. The van der Waals surface area contributed by atoms with Gasteiger partial charge in [-0.2, -0.15) is 0 Å². The van der Waals surface area contributed by atoms with Crippen molar-refractivity contribution in [1.82, 2.24) is 0 Å². The van der Waals surface area contributed by atoms with Crippen molar-refractivity contribution in [3.8, 4) is 11.8 Å². The molecule has 0 saturated heterocycles. The third-order valence-corrected chi connectivity index (χ3v) is 4.02. The Bertz CT molecular complexity index is 378. The molecule has 0 aromatic heterocycles. The molecule has 0 bridgehead atoms. The Hall–Kier alpha value is -0.810. The highest BCUT2D eigenvalue weighted by Gasteiger charge is 2.43. The van der Waals surface area contributed by atoms with Crippen molar-refractivity contribution in [3.05, 3.63) is 0 Å². The summed E-state index contributed by atoms with van der Waals surface area (Å²) in [7, 11) is 1.66. The molecule has 0 aromatic rings. The zero-order valence-electron chi connectivity index (χ0n) is 13.4. The van der Waals surface area contributed by atoms with Crippen molar-refractivity contribution in [2.75, 3.05) is 7.11 Å². The Morgan fingerprint density at radius 2 is 1.68 bits per heavy atom. The van der Waals surface area contributed by atoms with Crippen LogP contribution >= 0.6 is 0 Å². The topological polar surface area (TPSA) is 26.3 Å². The van der Waals surface area contributed by atoms with Gasteiger partial charge in [0, 0.05) is 12.5 Å². The summed E-state index contributed by atoms with van der Waals surface area (Å²) in [6.07, 6.45) is 4.04. The maximum absolute atomic E-state index is 12.4. The second-order valence-electron chi connectivity index (χ2n) is 7.51. The molecule has 0 spiro atoms. The van der Waals surface area contributed by atoms with Gasteiger partial charge >= 0.3 is 0 Å². The molecular formula is C17H28O2. The summed E-state index contributed by atoms with van der Waals surface area (Å²) < 4.78 is 5.60. The molecule has 1 saturated carbocycles. The third kappa shape index (κ3) is 4.66. The lowest BCUT2D eigenvalue weighted by molar-refractivity contribution is -0.146. The van der Waals surface area contributed by atoms with Crippen molar-refractivity contribution in [3.63, 3.8) is 0 Å². The largest absolute Gasteiger partial charge is 0.370 e. The summed E-state index contributed by atoms with van der Waals surface area (Å²) in [4.78, 5) is 12.4. The van der Waals surface area contributed by atoms with Crippen molar-refractivity contribution >= 4 is 5.78 Å². The van der Waals surface area contributed by atoms with Crippen LogP contribution in [-0.2, 0) is 9.53 Å². The number of Topliss-reactive ketones (excluding diaryl/α,β-unsaturated/α-hetero) is 1. The first-order valence-corrected chi connectivity index (χ1v) is 7.19. The highest BCUT2D eigenvalue weighted by molar-refractivity contribution is 5.89. The van der Waals surface area contributed by atoms with Gasteiger partial charge in [0.05, 0.1) is 6.42 Å². The van der Waals surface area contributed by atoms with Crippen LogP contribution in [0.4, 0.5) is 0 Å². The lowest BCUT2D eigenvalue weighted by Gasteiger charge is -2.41. The molecule has 0 amide bonds. The van der Waals surface area contributed by atoms with Crippen molar-refractivity contribution in [1.29, 1.82) is 0 Å². The number of ketones is 1. The van der Waals surface area contributed by atoms with E-state index in [1.807, 2.05) is 0 Å². The predicted molar refractivity (Wildman–Crippen MR) is 78.8 cm³/mol. The average Bonchev–Trinajstić information content (AvgIpc) is 2.28. The molecule has 0 heterocycles. The van der Waals surface area contributed by atoms with Crippen LogP contribution in [0, 0.1) is 22.7 Å². The number of ether oxygens (including phenoxy) is 1. The fourth-order valence-corrected chi connectivity index (χ4v) is 2.48. The molecule has 0 aliphatic heterocycles. The minimum Gasteiger partial charge on any atom is -0.370 e. The molecule has 0 N–H and O–H groups in total. The highest BCUT2D eigenvalue weighted by atomic mass is 16.5. The number of carbonyl (C=O) groups is 1. The lowest BCUT2D eigenvalue weighted by Crippen LogP contribution is -2.45. The summed E-state index contributed by atoms with van der Waals surface area (Å²) in [5.41, 5.74) is -0.295. The fraction of sp³-hybridized carbons (Fsp3) is 0.824. The van der Waals surface area contributed by atoms with Gasteiger partial charge in [-0.25, -0.2) is 0 Å². The highest BCUT2D eigenvalue weighted by Crippen LogP contribution is 2.42. The quantitative estimate of drug-likeness (QED) is 0.721. The zero-order valence-corrected chi connectivity index (χ0v) is 13.4. The molecule has 1 aliphatic carbocycles. The molecule has 1 fully saturated rings. The molecule has 108 valence electrons. The molecular weight excluding hydrogens is 236 g/mol. The zero-order chi connectivity index (χ0) is 14.7. The van der Waals surface area contributed by atoms with E-state index in [1.165, 1.54) is 0 Å². The van der Waals surface area contributed by atoms with Gasteiger partial charge in [0.15, 0.2) is 5.78 Å². The second kappa shape index (κ2) is 5.67. The molecule has 19 heavy (non-hydrogen) atoms. The maximum atomic E-state index is 12.4. The molecule has 0 atom stereocenters. The minimum atomic E-state index is -0.581. The van der Waals surface area contributed by atoms with Gasteiger partial charge in [0.25, 0.3) is 0 Å². The Balaban J connectivity index is 2.70. The van der Waals surface area contributed by atoms with E-state index in [9.17, 15) is 4.79 Å². The SMILES string of the molecule is COC1(C(=O)CC#CC(C)(C)C)CCC(C)(C)CC1. The van der Waals surface area contributed by atoms with Gasteiger partial charge < -0.3 is 4.74 Å². The summed E-state index contributed by atoms with van der Waals surface area (Å²) in [6.45, 7) is 10.7. The minimum absolute atomic E-state index is 0.0466. The standard InChI is InChI=1S/C17H28O2/c1-15(2,3)9-7-8-14(18)17(19-6)12-10-16(4,5)11-13-17/h8,10-13H2,1-6H3. The van der Waals surface area contributed by atoms with Crippen LogP contribution in [-0.4, -0.2) is 18.5 Å². The van der Waals surface area contributed by atoms with Crippen LogP contribution in [0.15, 0.2) is 0 Å². The van der Waals surface area contributed by atoms with Crippen LogP contribution in [0.25, 0.3) is 0 Å². The molecule has 2 heteroatoms. The first-order chi connectivity index (χ1) is 8.60. The average molecular weight is 264 g/mol. The number of hydrogen-bond acceptors (Lipinski definition) is 2. The van der Waals surface area contributed by atoms with Crippen LogP contribution < -0.4 is 0 Å². The van der Waals surface area contributed by atoms with Gasteiger partial charge in [-0.15, -0.1) is 0 Å². The van der Waals surface area contributed by atoms with Crippen molar-refractivity contribution in [2.24, 2.45) is 10.8 Å². The number of carbonyl (C=O) groups excluding carboxylic acids is 1. The molecule has 2 nitrogen and oxygen atoms in total. The normalized spacial score (nSPS) is 21.4. The number of rotatable bonds is 3. The molecule has 0 aromatic carbocycles. The molecule has 1 aliphatic rings. The van der Waals surface area contributed by atoms with E-state index in [0.29, 0.717) is 11.8 Å². The van der Waals surface area contributed by atoms with Gasteiger partial charge in [0.2, 0.25) is 0 Å². The van der Waals surface area contributed by atoms with Crippen molar-refractivity contribution in [2.45, 2.75) is 72.3 Å². The smallest absolute Gasteiger partial charge is 0.176 e. The maximum Gasteiger partial charge on any atom is 0.176 e. The molecule has 1 rings (SSSR count). The van der Waals surface area contributed by atoms with Crippen LogP contribution in [0.1, 0.15) is 66.7 Å². The van der Waals surface area contributed by atoms with Crippen LogP contribution in [0.5, 0.6) is 0 Å². The van der Waals surface area contributed by atoms with E-state index >= 15 is 0 Å². The van der Waals surface area contributed by atoms with Gasteiger partial charge in [-0.1, -0.05) is 25.7 Å². The Kier molecular flexibility index (Phi) is 4.85. The Morgan fingerprint density at radius 3 is 2.11 bits per heavy atom. The monoisotopic (exact) mass is 264 g/mol.